The minimum Gasteiger partial charge on any atom is -0.496 e. The number of ether oxygens (including phenoxy) is 1. The lowest BCUT2D eigenvalue weighted by atomic mass is 9.82. The average Bonchev–Trinajstić information content (AvgIpc) is 3.27. The second-order valence-corrected chi connectivity index (χ2v) is 11.4. The van der Waals surface area contributed by atoms with E-state index in [9.17, 15) is 9.90 Å². The number of benzene rings is 2. The minimum atomic E-state index is -0.867. The lowest BCUT2D eigenvalue weighted by Crippen LogP contribution is -2.48. The molecule has 1 aliphatic carbocycles. The number of likely N-dealkylation sites (tertiary alicyclic amines) is 1. The second kappa shape index (κ2) is 10.7. The molecule has 0 bridgehead atoms. The molecule has 35 heavy (non-hydrogen) atoms. The minimum absolute atomic E-state index is 0.0243. The van der Waals surface area contributed by atoms with Crippen molar-refractivity contribution in [2.75, 3.05) is 7.11 Å². The Bertz CT molecular complexity index is 992. The molecule has 2 aromatic carbocycles. The van der Waals surface area contributed by atoms with E-state index in [1.807, 2.05) is 29.2 Å². The molecule has 2 aromatic rings. The Labute approximate surface area is 210 Å². The summed E-state index contributed by atoms with van der Waals surface area (Å²) in [5.74, 6) is 0.908. The van der Waals surface area contributed by atoms with Crippen LogP contribution < -0.4 is 10.1 Å². The summed E-state index contributed by atoms with van der Waals surface area (Å²) in [5, 5.41) is 14.8. The lowest BCUT2D eigenvalue weighted by Gasteiger charge is -2.37. The van der Waals surface area contributed by atoms with Crippen LogP contribution >= 0.6 is 0 Å². The number of hydrogen-bond acceptors (Lipinski definition) is 4. The molecule has 4 rings (SSSR count). The van der Waals surface area contributed by atoms with Crippen molar-refractivity contribution in [1.29, 1.82) is 0 Å². The molecule has 1 heterocycles. The summed E-state index contributed by atoms with van der Waals surface area (Å²) in [7, 11) is 1.71. The maximum Gasteiger partial charge on any atom is 0.227 e. The highest BCUT2D eigenvalue weighted by atomic mass is 16.5. The van der Waals surface area contributed by atoms with Crippen LogP contribution in [0.4, 0.5) is 0 Å². The van der Waals surface area contributed by atoms with Crippen LogP contribution in [-0.2, 0) is 16.8 Å². The van der Waals surface area contributed by atoms with E-state index in [1.54, 1.807) is 7.11 Å². The first-order valence-electron chi connectivity index (χ1n) is 13.2. The van der Waals surface area contributed by atoms with Gasteiger partial charge in [0.25, 0.3) is 0 Å². The number of amides is 1. The van der Waals surface area contributed by atoms with Gasteiger partial charge in [-0.25, -0.2) is 0 Å². The monoisotopic (exact) mass is 478 g/mol. The first kappa shape index (κ1) is 25.7. The predicted molar refractivity (Wildman–Crippen MR) is 140 cm³/mol. The number of hydrogen-bond donors (Lipinski definition) is 2. The van der Waals surface area contributed by atoms with E-state index in [0.717, 1.165) is 61.8 Å². The predicted octanol–water partition coefficient (Wildman–Crippen LogP) is 5.86. The summed E-state index contributed by atoms with van der Waals surface area (Å²) in [4.78, 5) is 15.8. The van der Waals surface area contributed by atoms with E-state index in [-0.39, 0.29) is 30.0 Å². The van der Waals surface area contributed by atoms with Crippen LogP contribution in [0.15, 0.2) is 48.5 Å². The van der Waals surface area contributed by atoms with Crippen LogP contribution in [0.3, 0.4) is 0 Å². The summed E-state index contributed by atoms with van der Waals surface area (Å²) in [6.45, 7) is 7.25. The van der Waals surface area contributed by atoms with Gasteiger partial charge >= 0.3 is 0 Å². The number of nitrogens with zero attached hydrogens (tertiary/aromatic N) is 1. The van der Waals surface area contributed by atoms with E-state index in [2.05, 4.69) is 50.4 Å². The van der Waals surface area contributed by atoms with Gasteiger partial charge in [0.2, 0.25) is 5.91 Å². The standard InChI is InChI=1S/C30H42N2O3/c1-29(2,3)24-13-15-26(35-4)23(19-24)21-31-27-16-14-25(22-11-7-5-8-12-22)32(27)28(33)20-30(34)17-9-6-10-18-30/h5,7-8,11-13,15,19,25,27,31,34H,6,9-10,14,16-18,20-21H2,1-4H3. The average molecular weight is 479 g/mol. The second-order valence-electron chi connectivity index (χ2n) is 11.4. The molecule has 2 fully saturated rings. The molecule has 190 valence electrons. The molecule has 1 aliphatic heterocycles. The summed E-state index contributed by atoms with van der Waals surface area (Å²) >= 11 is 0. The zero-order chi connectivity index (χ0) is 25.1. The molecule has 2 aliphatic rings. The van der Waals surface area contributed by atoms with Gasteiger partial charge in [0.15, 0.2) is 0 Å². The molecular formula is C30H42N2O3. The third-order valence-electron chi connectivity index (χ3n) is 7.80. The van der Waals surface area contributed by atoms with Gasteiger partial charge in [0, 0.05) is 12.1 Å². The lowest BCUT2D eigenvalue weighted by molar-refractivity contribution is -0.141. The Morgan fingerprint density at radius 1 is 1.09 bits per heavy atom. The van der Waals surface area contributed by atoms with E-state index >= 15 is 0 Å². The van der Waals surface area contributed by atoms with Gasteiger partial charge in [-0.1, -0.05) is 82.5 Å². The van der Waals surface area contributed by atoms with Gasteiger partial charge in [0.05, 0.1) is 31.3 Å². The van der Waals surface area contributed by atoms with Crippen molar-refractivity contribution in [2.45, 2.75) is 102 Å². The molecule has 2 atom stereocenters. The summed E-state index contributed by atoms with van der Waals surface area (Å²) in [6, 6.07) is 16.7. The largest absolute Gasteiger partial charge is 0.496 e. The van der Waals surface area contributed by atoms with Crippen molar-refractivity contribution in [3.8, 4) is 5.75 Å². The maximum atomic E-state index is 13.7. The third-order valence-corrected chi connectivity index (χ3v) is 7.80. The molecule has 1 saturated carbocycles. The van der Waals surface area contributed by atoms with E-state index in [4.69, 9.17) is 4.74 Å². The number of methoxy groups -OCH3 is 1. The first-order chi connectivity index (χ1) is 16.7. The smallest absolute Gasteiger partial charge is 0.227 e. The number of aliphatic hydroxyl groups is 1. The number of carbonyl (C=O) groups excluding carboxylic acids is 1. The van der Waals surface area contributed by atoms with Gasteiger partial charge in [-0.3, -0.25) is 10.1 Å². The van der Waals surface area contributed by atoms with Gasteiger partial charge < -0.3 is 14.7 Å². The molecule has 0 radical (unpaired) electrons. The van der Waals surface area contributed by atoms with E-state index in [1.165, 1.54) is 5.56 Å². The molecule has 5 nitrogen and oxygen atoms in total. The topological polar surface area (TPSA) is 61.8 Å². The molecular weight excluding hydrogens is 436 g/mol. The Kier molecular flexibility index (Phi) is 7.87. The quantitative estimate of drug-likeness (QED) is 0.523. The Morgan fingerprint density at radius 2 is 1.80 bits per heavy atom. The van der Waals surface area contributed by atoms with Crippen LogP contribution in [0, 0.1) is 0 Å². The number of rotatable bonds is 7. The van der Waals surface area contributed by atoms with Crippen molar-refractivity contribution >= 4 is 5.91 Å². The molecule has 1 saturated heterocycles. The van der Waals surface area contributed by atoms with Crippen LogP contribution in [0.5, 0.6) is 5.75 Å². The fourth-order valence-electron chi connectivity index (χ4n) is 5.73. The fraction of sp³-hybridized carbons (Fsp3) is 0.567. The number of nitrogens with one attached hydrogen (secondary N) is 1. The van der Waals surface area contributed by atoms with Crippen molar-refractivity contribution < 1.29 is 14.6 Å². The summed E-state index contributed by atoms with van der Waals surface area (Å²) in [5.41, 5.74) is 2.70. The molecule has 1 amide bonds. The SMILES string of the molecule is COc1ccc(C(C)(C)C)cc1CNC1CCC(c2ccccc2)N1C(=O)CC1(O)CCCCC1. The Hall–Kier alpha value is -2.37. The normalized spacial score (nSPS) is 22.3. The highest BCUT2D eigenvalue weighted by Gasteiger charge is 2.41. The highest BCUT2D eigenvalue weighted by molar-refractivity contribution is 5.78. The molecule has 5 heteroatoms. The van der Waals surface area contributed by atoms with Crippen LogP contribution in [0.2, 0.25) is 0 Å². The maximum absolute atomic E-state index is 13.7. The fourth-order valence-corrected chi connectivity index (χ4v) is 5.73. The van der Waals surface area contributed by atoms with Gasteiger partial charge in [-0.2, -0.15) is 0 Å². The van der Waals surface area contributed by atoms with Crippen LogP contribution in [0.25, 0.3) is 0 Å². The molecule has 2 N–H and O–H groups in total. The highest BCUT2D eigenvalue weighted by Crippen LogP contribution is 2.39. The third kappa shape index (κ3) is 6.07. The van der Waals surface area contributed by atoms with Crippen molar-refractivity contribution in [3.05, 3.63) is 65.2 Å². The molecule has 0 aromatic heterocycles. The zero-order valence-electron chi connectivity index (χ0n) is 21.8. The van der Waals surface area contributed by atoms with Crippen LogP contribution in [0.1, 0.15) is 94.9 Å². The molecule has 2 unspecified atom stereocenters. The van der Waals surface area contributed by atoms with Gasteiger partial charge in [-0.15, -0.1) is 0 Å². The zero-order valence-corrected chi connectivity index (χ0v) is 21.8. The Balaban J connectivity index is 1.55. The van der Waals surface area contributed by atoms with Crippen molar-refractivity contribution in [1.82, 2.24) is 10.2 Å². The van der Waals surface area contributed by atoms with Crippen molar-refractivity contribution in [3.63, 3.8) is 0 Å². The van der Waals surface area contributed by atoms with Gasteiger partial charge in [0.1, 0.15) is 5.75 Å². The molecule has 0 spiro atoms. The van der Waals surface area contributed by atoms with E-state index in [0.29, 0.717) is 6.54 Å². The first-order valence-corrected chi connectivity index (χ1v) is 13.2. The van der Waals surface area contributed by atoms with Gasteiger partial charge in [-0.05, 0) is 48.3 Å². The Morgan fingerprint density at radius 3 is 2.46 bits per heavy atom. The van der Waals surface area contributed by atoms with E-state index < -0.39 is 5.60 Å². The summed E-state index contributed by atoms with van der Waals surface area (Å²) < 4.78 is 5.65. The summed E-state index contributed by atoms with van der Waals surface area (Å²) in [6.07, 6.45) is 6.49. The number of carbonyl (C=O) groups is 1. The van der Waals surface area contributed by atoms with Crippen LogP contribution in [-0.4, -0.2) is 34.8 Å². The van der Waals surface area contributed by atoms with Crippen molar-refractivity contribution in [2.24, 2.45) is 0 Å².